The van der Waals surface area contributed by atoms with Crippen molar-refractivity contribution < 1.29 is 13.2 Å². The predicted molar refractivity (Wildman–Crippen MR) is 81.9 cm³/mol. The Morgan fingerprint density at radius 2 is 1.90 bits per heavy atom. The third kappa shape index (κ3) is 2.90. The lowest BCUT2D eigenvalue weighted by Crippen LogP contribution is -2.45. The number of hydrogen-bond acceptors (Lipinski definition) is 4. The first-order valence-corrected chi connectivity index (χ1v) is 9.13. The number of carbonyl (C=O) groups is 1. The average Bonchev–Trinajstić information content (AvgIpc) is 2.80. The molecule has 1 fully saturated rings. The van der Waals surface area contributed by atoms with Crippen LogP contribution in [0.1, 0.15) is 18.4 Å². The van der Waals surface area contributed by atoms with Crippen LogP contribution in [0, 0.1) is 5.92 Å². The van der Waals surface area contributed by atoms with Crippen molar-refractivity contribution in [3.8, 4) is 0 Å². The van der Waals surface area contributed by atoms with Crippen molar-refractivity contribution in [3.63, 3.8) is 0 Å². The van der Waals surface area contributed by atoms with Gasteiger partial charge in [0.05, 0.1) is 11.5 Å². The van der Waals surface area contributed by atoms with Gasteiger partial charge in [-0.25, -0.2) is 8.42 Å². The summed E-state index contributed by atoms with van der Waals surface area (Å²) in [6, 6.07) is 7.66. The van der Waals surface area contributed by atoms with Crippen LogP contribution in [0.2, 0.25) is 0 Å². The van der Waals surface area contributed by atoms with E-state index in [0.717, 1.165) is 11.3 Å². The van der Waals surface area contributed by atoms with E-state index >= 15 is 0 Å². The van der Waals surface area contributed by atoms with Gasteiger partial charge in [0.1, 0.15) is 15.9 Å². The number of nitrogens with zero attached hydrogens (tertiary/aromatic N) is 1. The summed E-state index contributed by atoms with van der Waals surface area (Å²) in [6.07, 6.45) is 2.00. The molecular weight excluding hydrogens is 288 g/mol. The van der Waals surface area contributed by atoms with Crippen LogP contribution in [-0.4, -0.2) is 38.4 Å². The zero-order valence-corrected chi connectivity index (χ0v) is 12.7. The van der Waals surface area contributed by atoms with Crippen molar-refractivity contribution in [2.75, 3.05) is 23.0 Å². The normalized spacial score (nSPS) is 24.8. The Morgan fingerprint density at radius 1 is 1.24 bits per heavy atom. The summed E-state index contributed by atoms with van der Waals surface area (Å²) in [4.78, 5) is 13.8. The second-order valence-corrected chi connectivity index (χ2v) is 8.30. The monoisotopic (exact) mass is 308 g/mol. The highest BCUT2D eigenvalue weighted by molar-refractivity contribution is 7.91. The number of primary amides is 1. The molecular formula is C15H20N2O3S. The van der Waals surface area contributed by atoms with Gasteiger partial charge in [0.15, 0.2) is 0 Å². The summed E-state index contributed by atoms with van der Waals surface area (Å²) in [6.45, 7) is 0.708. The Kier molecular flexibility index (Phi) is 3.65. The number of benzene rings is 1. The molecule has 2 aliphatic rings. The van der Waals surface area contributed by atoms with Crippen molar-refractivity contribution in [3.05, 3.63) is 29.8 Å². The van der Waals surface area contributed by atoms with Crippen molar-refractivity contribution in [1.82, 2.24) is 0 Å². The van der Waals surface area contributed by atoms with Gasteiger partial charge in [0.25, 0.3) is 0 Å². The van der Waals surface area contributed by atoms with E-state index in [9.17, 15) is 13.2 Å². The molecule has 2 N–H and O–H groups in total. The van der Waals surface area contributed by atoms with E-state index in [0.29, 0.717) is 31.7 Å². The quantitative estimate of drug-likeness (QED) is 0.892. The van der Waals surface area contributed by atoms with Gasteiger partial charge in [0.2, 0.25) is 5.91 Å². The molecule has 0 saturated carbocycles. The lowest BCUT2D eigenvalue weighted by atomic mass is 10.0. The molecule has 1 atom stereocenters. The SMILES string of the molecule is NC(=O)[C@@H]1Cc2ccccc2N1CC1CCS(=O)(=O)CC1. The average molecular weight is 308 g/mol. The molecule has 0 radical (unpaired) electrons. The summed E-state index contributed by atoms with van der Waals surface area (Å²) in [5, 5.41) is 0. The first-order valence-electron chi connectivity index (χ1n) is 7.30. The molecule has 1 saturated heterocycles. The minimum Gasteiger partial charge on any atom is -0.368 e. The molecule has 0 bridgehead atoms. The Morgan fingerprint density at radius 3 is 2.57 bits per heavy atom. The van der Waals surface area contributed by atoms with Gasteiger partial charge < -0.3 is 10.6 Å². The Hall–Kier alpha value is -1.56. The predicted octanol–water partition coefficient (Wildman–Crippen LogP) is 0.728. The van der Waals surface area contributed by atoms with Crippen LogP contribution in [0.5, 0.6) is 0 Å². The fourth-order valence-corrected chi connectivity index (χ4v) is 4.92. The molecule has 21 heavy (non-hydrogen) atoms. The van der Waals surface area contributed by atoms with Crippen LogP contribution in [0.25, 0.3) is 0 Å². The number of rotatable bonds is 3. The fraction of sp³-hybridized carbons (Fsp3) is 0.533. The number of fused-ring (bicyclic) bond motifs is 1. The number of anilines is 1. The molecule has 2 heterocycles. The number of hydrogen-bond donors (Lipinski definition) is 1. The van der Waals surface area contributed by atoms with E-state index < -0.39 is 9.84 Å². The van der Waals surface area contributed by atoms with E-state index in [1.165, 1.54) is 0 Å². The Balaban J connectivity index is 1.78. The maximum Gasteiger partial charge on any atom is 0.240 e. The van der Waals surface area contributed by atoms with E-state index in [-0.39, 0.29) is 23.5 Å². The van der Waals surface area contributed by atoms with Crippen LogP contribution in [0.4, 0.5) is 5.69 Å². The third-order valence-corrected chi connectivity index (χ3v) is 6.26. The molecule has 0 aromatic heterocycles. The maximum absolute atomic E-state index is 11.7. The van der Waals surface area contributed by atoms with Crippen LogP contribution in [0.15, 0.2) is 24.3 Å². The van der Waals surface area contributed by atoms with Crippen LogP contribution >= 0.6 is 0 Å². The van der Waals surface area contributed by atoms with Crippen LogP contribution in [-0.2, 0) is 21.1 Å². The second-order valence-electron chi connectivity index (χ2n) is 6.00. The molecule has 1 aromatic rings. The summed E-state index contributed by atoms with van der Waals surface area (Å²) in [5.74, 6) is 0.513. The highest BCUT2D eigenvalue weighted by Crippen LogP contribution is 2.34. The molecule has 5 nitrogen and oxygen atoms in total. The van der Waals surface area contributed by atoms with Gasteiger partial charge in [-0.2, -0.15) is 0 Å². The zero-order valence-electron chi connectivity index (χ0n) is 11.9. The molecule has 114 valence electrons. The Bertz CT molecular complexity index is 643. The van der Waals surface area contributed by atoms with E-state index in [1.54, 1.807) is 0 Å². The molecule has 3 rings (SSSR count). The largest absolute Gasteiger partial charge is 0.368 e. The van der Waals surface area contributed by atoms with E-state index in [4.69, 9.17) is 5.73 Å². The van der Waals surface area contributed by atoms with E-state index in [1.807, 2.05) is 24.3 Å². The van der Waals surface area contributed by atoms with Gasteiger partial charge in [-0.15, -0.1) is 0 Å². The van der Waals surface area contributed by atoms with Crippen LogP contribution in [0.3, 0.4) is 0 Å². The lowest BCUT2D eigenvalue weighted by molar-refractivity contribution is -0.119. The van der Waals surface area contributed by atoms with Crippen molar-refractivity contribution in [2.24, 2.45) is 11.7 Å². The topological polar surface area (TPSA) is 80.5 Å². The Labute approximate surface area is 125 Å². The van der Waals surface area contributed by atoms with Gasteiger partial charge in [0, 0.05) is 18.7 Å². The van der Waals surface area contributed by atoms with Crippen molar-refractivity contribution in [1.29, 1.82) is 0 Å². The summed E-state index contributed by atoms with van der Waals surface area (Å²) in [5.41, 5.74) is 7.75. The second kappa shape index (κ2) is 5.33. The molecule has 6 heteroatoms. The van der Waals surface area contributed by atoms with Crippen LogP contribution < -0.4 is 10.6 Å². The lowest BCUT2D eigenvalue weighted by Gasteiger charge is -2.31. The van der Waals surface area contributed by atoms with Gasteiger partial charge in [-0.3, -0.25) is 4.79 Å². The molecule has 1 amide bonds. The molecule has 0 spiro atoms. The zero-order chi connectivity index (χ0) is 15.0. The molecule has 1 aromatic carbocycles. The van der Waals surface area contributed by atoms with Gasteiger partial charge >= 0.3 is 0 Å². The van der Waals surface area contributed by atoms with Crippen molar-refractivity contribution in [2.45, 2.75) is 25.3 Å². The minimum absolute atomic E-state index is 0.258. The standard InChI is InChI=1S/C15H20N2O3S/c16-15(18)14-9-12-3-1-2-4-13(12)17(14)10-11-5-7-21(19,20)8-6-11/h1-4,11,14H,5-10H2,(H2,16,18)/t14-/m0/s1. The first kappa shape index (κ1) is 14.4. The van der Waals surface area contributed by atoms with Gasteiger partial charge in [-0.1, -0.05) is 18.2 Å². The molecule has 0 aliphatic carbocycles. The number of amides is 1. The number of nitrogens with two attached hydrogens (primary N) is 1. The third-order valence-electron chi connectivity index (χ3n) is 4.55. The van der Waals surface area contributed by atoms with E-state index in [2.05, 4.69) is 4.90 Å². The summed E-state index contributed by atoms with van der Waals surface area (Å²) < 4.78 is 23.0. The number of carbonyl (C=O) groups excluding carboxylic acids is 1. The highest BCUT2D eigenvalue weighted by atomic mass is 32.2. The van der Waals surface area contributed by atoms with Crippen molar-refractivity contribution >= 4 is 21.4 Å². The summed E-state index contributed by atoms with van der Waals surface area (Å²) in [7, 11) is -2.85. The van der Waals surface area contributed by atoms with Gasteiger partial charge in [-0.05, 0) is 30.4 Å². The highest BCUT2D eigenvalue weighted by Gasteiger charge is 2.35. The summed E-state index contributed by atoms with van der Waals surface area (Å²) >= 11 is 0. The smallest absolute Gasteiger partial charge is 0.240 e. The maximum atomic E-state index is 11.7. The fourth-order valence-electron chi connectivity index (χ4n) is 3.33. The minimum atomic E-state index is -2.85. The molecule has 0 unspecified atom stereocenters. The number of para-hydroxylation sites is 1. The molecule has 2 aliphatic heterocycles. The first-order chi connectivity index (χ1) is 9.96. The number of sulfone groups is 1.